The van der Waals surface area contributed by atoms with Gasteiger partial charge in [0.05, 0.1) is 26.5 Å². The van der Waals surface area contributed by atoms with Crippen LogP contribution in [-0.4, -0.2) is 33.2 Å². The Morgan fingerprint density at radius 2 is 1.92 bits per heavy atom. The van der Waals surface area contributed by atoms with Crippen molar-refractivity contribution >= 4 is 11.6 Å². The minimum Gasteiger partial charge on any atom is -0.497 e. The topological polar surface area (TPSA) is 50.8 Å². The lowest BCUT2D eigenvalue weighted by atomic mass is 9.91. The molecule has 0 saturated carbocycles. The number of rotatable bonds is 6. The van der Waals surface area contributed by atoms with Crippen LogP contribution in [0, 0.1) is 0 Å². The van der Waals surface area contributed by atoms with Crippen molar-refractivity contribution in [2.75, 3.05) is 32.2 Å². The number of hydrogen-bond acceptors (Lipinski definition) is 4. The second kappa shape index (κ2) is 8.13. The number of methoxy groups -OCH3 is 2. The molecule has 26 heavy (non-hydrogen) atoms. The fourth-order valence-electron chi connectivity index (χ4n) is 3.39. The molecule has 1 aliphatic heterocycles. The highest BCUT2D eigenvalue weighted by molar-refractivity contribution is 5.83. The highest BCUT2D eigenvalue weighted by Crippen LogP contribution is 2.41. The quantitative estimate of drug-likeness (QED) is 0.864. The zero-order valence-corrected chi connectivity index (χ0v) is 15.6. The molecule has 1 amide bonds. The fourth-order valence-corrected chi connectivity index (χ4v) is 3.39. The molecule has 0 saturated heterocycles. The number of nitrogens with one attached hydrogen (secondary N) is 1. The van der Waals surface area contributed by atoms with Gasteiger partial charge in [-0.1, -0.05) is 31.2 Å². The van der Waals surface area contributed by atoms with Crippen molar-refractivity contribution in [2.24, 2.45) is 0 Å². The first-order valence-corrected chi connectivity index (χ1v) is 8.94. The second-order valence-corrected chi connectivity index (χ2v) is 6.63. The van der Waals surface area contributed by atoms with Crippen LogP contribution in [0.5, 0.6) is 11.5 Å². The first-order valence-electron chi connectivity index (χ1n) is 8.94. The molecule has 1 aliphatic rings. The summed E-state index contributed by atoms with van der Waals surface area (Å²) in [5.74, 6) is 2.12. The van der Waals surface area contributed by atoms with Crippen molar-refractivity contribution in [2.45, 2.75) is 25.8 Å². The third kappa shape index (κ3) is 3.93. The minimum absolute atomic E-state index is 0.00669. The van der Waals surface area contributed by atoms with Crippen LogP contribution in [0.3, 0.4) is 0 Å². The zero-order chi connectivity index (χ0) is 18.5. The van der Waals surface area contributed by atoms with Gasteiger partial charge in [0.25, 0.3) is 0 Å². The summed E-state index contributed by atoms with van der Waals surface area (Å²) in [6, 6.07) is 13.8. The molecule has 5 nitrogen and oxygen atoms in total. The van der Waals surface area contributed by atoms with E-state index in [1.807, 2.05) is 36.4 Å². The molecular weight excluding hydrogens is 328 g/mol. The SMILES string of the molecule is COc1ccc(CNC(=O)CN2CCC(C)c3cccc(OC)c32)cc1. The average Bonchev–Trinajstić information content (AvgIpc) is 2.68. The van der Waals surface area contributed by atoms with Gasteiger partial charge in [-0.3, -0.25) is 4.79 Å². The van der Waals surface area contributed by atoms with Gasteiger partial charge in [-0.2, -0.15) is 0 Å². The van der Waals surface area contributed by atoms with Gasteiger partial charge in [0.2, 0.25) is 5.91 Å². The van der Waals surface area contributed by atoms with Crippen molar-refractivity contribution in [1.82, 2.24) is 5.32 Å². The highest BCUT2D eigenvalue weighted by atomic mass is 16.5. The lowest BCUT2D eigenvalue weighted by Crippen LogP contribution is -2.40. The van der Waals surface area contributed by atoms with E-state index in [1.54, 1.807) is 14.2 Å². The van der Waals surface area contributed by atoms with Crippen LogP contribution in [0.4, 0.5) is 5.69 Å². The standard InChI is InChI=1S/C21H26N2O3/c1-15-11-12-23(21-18(15)5-4-6-19(21)26-3)14-20(24)22-13-16-7-9-17(25-2)10-8-16/h4-10,15H,11-14H2,1-3H3,(H,22,24). The molecule has 0 radical (unpaired) electrons. The maximum atomic E-state index is 12.5. The third-order valence-corrected chi connectivity index (χ3v) is 4.91. The number of fused-ring (bicyclic) bond motifs is 1. The molecule has 2 aromatic carbocycles. The maximum Gasteiger partial charge on any atom is 0.239 e. The van der Waals surface area contributed by atoms with E-state index in [9.17, 15) is 4.79 Å². The van der Waals surface area contributed by atoms with E-state index >= 15 is 0 Å². The monoisotopic (exact) mass is 354 g/mol. The Bertz CT molecular complexity index is 758. The van der Waals surface area contributed by atoms with Crippen LogP contribution >= 0.6 is 0 Å². The normalized spacial score (nSPS) is 16.0. The molecule has 5 heteroatoms. The van der Waals surface area contributed by atoms with Gasteiger partial charge in [-0.15, -0.1) is 0 Å². The molecule has 2 aromatic rings. The van der Waals surface area contributed by atoms with Gasteiger partial charge in [0.1, 0.15) is 11.5 Å². The first kappa shape index (κ1) is 18.1. The number of anilines is 1. The molecule has 0 spiro atoms. The lowest BCUT2D eigenvalue weighted by molar-refractivity contribution is -0.119. The van der Waals surface area contributed by atoms with Gasteiger partial charge in [0, 0.05) is 13.1 Å². The van der Waals surface area contributed by atoms with Gasteiger partial charge in [-0.25, -0.2) is 0 Å². The molecule has 138 valence electrons. The lowest BCUT2D eigenvalue weighted by Gasteiger charge is -2.35. The molecule has 1 atom stereocenters. The van der Waals surface area contributed by atoms with Gasteiger partial charge in [-0.05, 0) is 41.7 Å². The molecule has 0 fully saturated rings. The molecule has 1 N–H and O–H groups in total. The Morgan fingerprint density at radius 3 is 2.62 bits per heavy atom. The van der Waals surface area contributed by atoms with Crippen LogP contribution in [0.25, 0.3) is 0 Å². The Hall–Kier alpha value is -2.69. The molecule has 0 aromatic heterocycles. The maximum absolute atomic E-state index is 12.5. The first-order chi connectivity index (χ1) is 12.6. The zero-order valence-electron chi connectivity index (χ0n) is 15.6. The summed E-state index contributed by atoms with van der Waals surface area (Å²) in [4.78, 5) is 14.6. The Labute approximate surface area is 154 Å². The second-order valence-electron chi connectivity index (χ2n) is 6.63. The van der Waals surface area contributed by atoms with Crippen molar-refractivity contribution in [3.8, 4) is 11.5 Å². The molecule has 0 bridgehead atoms. The Kier molecular flexibility index (Phi) is 5.66. The predicted octanol–water partition coefficient (Wildman–Crippen LogP) is 3.33. The van der Waals surface area contributed by atoms with Crippen molar-refractivity contribution in [3.05, 3.63) is 53.6 Å². The van der Waals surface area contributed by atoms with Crippen molar-refractivity contribution in [1.29, 1.82) is 0 Å². The van der Waals surface area contributed by atoms with Gasteiger partial charge >= 0.3 is 0 Å². The third-order valence-electron chi connectivity index (χ3n) is 4.91. The highest BCUT2D eigenvalue weighted by Gasteiger charge is 2.26. The van der Waals surface area contributed by atoms with Gasteiger partial charge in [0.15, 0.2) is 0 Å². The summed E-state index contributed by atoms with van der Waals surface area (Å²) in [5.41, 5.74) is 3.34. The molecule has 1 unspecified atom stereocenters. The smallest absolute Gasteiger partial charge is 0.239 e. The number of ether oxygens (including phenoxy) is 2. The average molecular weight is 354 g/mol. The van der Waals surface area contributed by atoms with Crippen LogP contribution in [0.2, 0.25) is 0 Å². The predicted molar refractivity (Wildman–Crippen MR) is 103 cm³/mol. The summed E-state index contributed by atoms with van der Waals surface area (Å²) < 4.78 is 10.7. The summed E-state index contributed by atoms with van der Waals surface area (Å²) in [6.45, 7) is 3.91. The van der Waals surface area contributed by atoms with E-state index in [0.29, 0.717) is 19.0 Å². The van der Waals surface area contributed by atoms with Crippen LogP contribution in [0.1, 0.15) is 30.4 Å². The van der Waals surface area contributed by atoms with Crippen LogP contribution in [-0.2, 0) is 11.3 Å². The fraction of sp³-hybridized carbons (Fsp3) is 0.381. The molecule has 3 rings (SSSR count). The summed E-state index contributed by atoms with van der Waals surface area (Å²) in [5, 5.41) is 3.00. The summed E-state index contributed by atoms with van der Waals surface area (Å²) >= 11 is 0. The van der Waals surface area contributed by atoms with E-state index in [-0.39, 0.29) is 5.91 Å². The number of para-hydroxylation sites is 1. The Morgan fingerprint density at radius 1 is 1.15 bits per heavy atom. The van der Waals surface area contributed by atoms with Crippen molar-refractivity contribution < 1.29 is 14.3 Å². The molecule has 1 heterocycles. The van der Waals surface area contributed by atoms with Crippen LogP contribution in [0.15, 0.2) is 42.5 Å². The Balaban J connectivity index is 1.65. The van der Waals surface area contributed by atoms with Gasteiger partial charge < -0.3 is 19.7 Å². The van der Waals surface area contributed by atoms with Crippen LogP contribution < -0.4 is 19.7 Å². The number of amides is 1. The van der Waals surface area contributed by atoms with Crippen molar-refractivity contribution in [3.63, 3.8) is 0 Å². The number of benzene rings is 2. The number of carbonyl (C=O) groups excluding carboxylic acids is 1. The summed E-state index contributed by atoms with van der Waals surface area (Å²) in [7, 11) is 3.32. The van der Waals surface area contributed by atoms with E-state index in [2.05, 4.69) is 23.2 Å². The number of hydrogen-bond donors (Lipinski definition) is 1. The van der Waals surface area contributed by atoms with E-state index in [0.717, 1.165) is 35.7 Å². The number of nitrogens with zero attached hydrogens (tertiary/aromatic N) is 1. The summed E-state index contributed by atoms with van der Waals surface area (Å²) in [6.07, 6.45) is 1.03. The molecule has 0 aliphatic carbocycles. The van der Waals surface area contributed by atoms with E-state index < -0.39 is 0 Å². The molecular formula is C21H26N2O3. The van der Waals surface area contributed by atoms with E-state index in [4.69, 9.17) is 9.47 Å². The minimum atomic E-state index is 0.00669. The van der Waals surface area contributed by atoms with E-state index in [1.165, 1.54) is 5.56 Å². The number of carbonyl (C=O) groups is 1. The largest absolute Gasteiger partial charge is 0.497 e.